The first-order valence-electron chi connectivity index (χ1n) is 6.24. The van der Waals surface area contributed by atoms with Gasteiger partial charge in [0.1, 0.15) is 24.0 Å². The van der Waals surface area contributed by atoms with E-state index < -0.39 is 0 Å². The molecule has 1 unspecified atom stereocenters. The van der Waals surface area contributed by atoms with Crippen LogP contribution in [0.5, 0.6) is 5.75 Å². The second kappa shape index (κ2) is 4.89. The first-order chi connectivity index (χ1) is 9.28. The van der Waals surface area contributed by atoms with Crippen LogP contribution in [0.4, 0.5) is 11.5 Å². The Labute approximate surface area is 110 Å². The van der Waals surface area contributed by atoms with Crippen LogP contribution in [-0.4, -0.2) is 36.3 Å². The van der Waals surface area contributed by atoms with Crippen LogP contribution in [0.25, 0.3) is 10.9 Å². The average Bonchev–Trinajstić information content (AvgIpc) is 2.91. The van der Waals surface area contributed by atoms with E-state index in [9.17, 15) is 0 Å². The molecule has 0 saturated carbocycles. The van der Waals surface area contributed by atoms with E-state index >= 15 is 0 Å². The Kier molecular flexibility index (Phi) is 3.08. The quantitative estimate of drug-likeness (QED) is 0.868. The van der Waals surface area contributed by atoms with Gasteiger partial charge in [-0.3, -0.25) is 0 Å². The number of nitrogen functional groups attached to an aromatic ring is 1. The predicted molar refractivity (Wildman–Crippen MR) is 73.3 cm³/mol. The molecule has 6 heteroatoms. The average molecular weight is 260 g/mol. The summed E-state index contributed by atoms with van der Waals surface area (Å²) in [4.78, 5) is 8.22. The molecule has 0 aliphatic carbocycles. The SMILES string of the molecule is CNc1cc2c(N)ncnc2cc1OC1CCOC1. The van der Waals surface area contributed by atoms with Gasteiger partial charge in [-0.25, -0.2) is 9.97 Å². The molecule has 0 radical (unpaired) electrons. The molecule has 1 saturated heterocycles. The van der Waals surface area contributed by atoms with Crippen LogP contribution < -0.4 is 15.8 Å². The summed E-state index contributed by atoms with van der Waals surface area (Å²) in [5.41, 5.74) is 7.51. The summed E-state index contributed by atoms with van der Waals surface area (Å²) < 4.78 is 11.3. The Balaban J connectivity index is 2.02. The molecule has 3 N–H and O–H groups in total. The first-order valence-corrected chi connectivity index (χ1v) is 6.24. The van der Waals surface area contributed by atoms with Gasteiger partial charge in [0.15, 0.2) is 0 Å². The molecule has 0 bridgehead atoms. The molecule has 1 aromatic heterocycles. The van der Waals surface area contributed by atoms with Crippen LogP contribution in [0.1, 0.15) is 6.42 Å². The third kappa shape index (κ3) is 2.26. The van der Waals surface area contributed by atoms with Crippen LogP contribution in [0.15, 0.2) is 18.5 Å². The lowest BCUT2D eigenvalue weighted by molar-refractivity contribution is 0.142. The minimum Gasteiger partial charge on any atom is -0.486 e. The Hall–Kier alpha value is -2.08. The summed E-state index contributed by atoms with van der Waals surface area (Å²) in [6, 6.07) is 3.80. The lowest BCUT2D eigenvalue weighted by atomic mass is 10.2. The number of anilines is 2. The summed E-state index contributed by atoms with van der Waals surface area (Å²) in [6.07, 6.45) is 2.47. The molecule has 2 aromatic rings. The van der Waals surface area contributed by atoms with E-state index in [1.165, 1.54) is 6.33 Å². The maximum absolute atomic E-state index is 5.96. The van der Waals surface area contributed by atoms with Crippen LogP contribution in [0.3, 0.4) is 0 Å². The second-order valence-electron chi connectivity index (χ2n) is 4.48. The zero-order valence-electron chi connectivity index (χ0n) is 10.7. The number of nitrogens with one attached hydrogen (secondary N) is 1. The molecule has 2 heterocycles. The van der Waals surface area contributed by atoms with Gasteiger partial charge in [-0.1, -0.05) is 0 Å². The standard InChI is InChI=1S/C13H16N4O2/c1-15-11-4-9-10(16-7-17-13(9)14)5-12(11)19-8-2-3-18-6-8/h4-5,7-8,15H,2-3,6H2,1H3,(H2,14,16,17). The van der Waals surface area contributed by atoms with E-state index in [1.807, 2.05) is 19.2 Å². The smallest absolute Gasteiger partial charge is 0.145 e. The molecule has 1 aromatic carbocycles. The topological polar surface area (TPSA) is 82.3 Å². The van der Waals surface area contributed by atoms with Gasteiger partial charge in [0.2, 0.25) is 0 Å². The molecule has 6 nitrogen and oxygen atoms in total. The molecular formula is C13H16N4O2. The number of rotatable bonds is 3. The molecule has 1 fully saturated rings. The summed E-state index contributed by atoms with van der Waals surface area (Å²) in [5, 5.41) is 3.93. The number of benzene rings is 1. The summed E-state index contributed by atoms with van der Waals surface area (Å²) in [7, 11) is 1.85. The second-order valence-corrected chi connectivity index (χ2v) is 4.48. The van der Waals surface area contributed by atoms with Crippen molar-refractivity contribution in [3.05, 3.63) is 18.5 Å². The zero-order valence-corrected chi connectivity index (χ0v) is 10.7. The Bertz CT molecular complexity index is 596. The van der Waals surface area contributed by atoms with Crippen molar-refractivity contribution in [1.29, 1.82) is 0 Å². The fraction of sp³-hybridized carbons (Fsp3) is 0.385. The highest BCUT2D eigenvalue weighted by Crippen LogP contribution is 2.32. The number of nitrogens with zero attached hydrogens (tertiary/aromatic N) is 2. The lowest BCUT2D eigenvalue weighted by Crippen LogP contribution is -2.16. The van der Waals surface area contributed by atoms with Crippen molar-refractivity contribution in [2.45, 2.75) is 12.5 Å². The van der Waals surface area contributed by atoms with Crippen LogP contribution in [0.2, 0.25) is 0 Å². The van der Waals surface area contributed by atoms with E-state index in [0.29, 0.717) is 12.4 Å². The fourth-order valence-electron chi connectivity index (χ4n) is 2.18. The Morgan fingerprint density at radius 3 is 3.05 bits per heavy atom. The summed E-state index contributed by atoms with van der Waals surface area (Å²) in [5.74, 6) is 1.24. The van der Waals surface area contributed by atoms with Crippen molar-refractivity contribution in [2.24, 2.45) is 0 Å². The highest BCUT2D eigenvalue weighted by molar-refractivity contribution is 5.92. The largest absolute Gasteiger partial charge is 0.486 e. The maximum Gasteiger partial charge on any atom is 0.145 e. The van der Waals surface area contributed by atoms with Gasteiger partial charge >= 0.3 is 0 Å². The minimum atomic E-state index is 0.101. The maximum atomic E-state index is 5.96. The molecule has 19 heavy (non-hydrogen) atoms. The fourth-order valence-corrected chi connectivity index (χ4v) is 2.18. The normalized spacial score (nSPS) is 18.7. The number of hydrogen-bond acceptors (Lipinski definition) is 6. The summed E-state index contributed by atoms with van der Waals surface area (Å²) >= 11 is 0. The molecule has 1 aliphatic heterocycles. The molecular weight excluding hydrogens is 244 g/mol. The van der Waals surface area contributed by atoms with E-state index in [4.69, 9.17) is 15.2 Å². The zero-order chi connectivity index (χ0) is 13.2. The third-order valence-electron chi connectivity index (χ3n) is 3.22. The number of nitrogens with two attached hydrogens (primary N) is 1. The van der Waals surface area contributed by atoms with Crippen molar-refractivity contribution in [2.75, 3.05) is 31.3 Å². The van der Waals surface area contributed by atoms with Crippen molar-refractivity contribution < 1.29 is 9.47 Å². The van der Waals surface area contributed by atoms with Gasteiger partial charge in [0.05, 0.1) is 24.4 Å². The van der Waals surface area contributed by atoms with Crippen molar-refractivity contribution in [3.63, 3.8) is 0 Å². The Morgan fingerprint density at radius 1 is 1.42 bits per heavy atom. The molecule has 3 rings (SSSR count). The van der Waals surface area contributed by atoms with Crippen molar-refractivity contribution in [3.8, 4) is 5.75 Å². The number of fused-ring (bicyclic) bond motifs is 1. The highest BCUT2D eigenvalue weighted by Gasteiger charge is 2.19. The van der Waals surface area contributed by atoms with Gasteiger partial charge in [-0.05, 0) is 6.07 Å². The van der Waals surface area contributed by atoms with Gasteiger partial charge < -0.3 is 20.5 Å². The molecule has 1 atom stereocenters. The van der Waals surface area contributed by atoms with Crippen molar-refractivity contribution >= 4 is 22.4 Å². The monoisotopic (exact) mass is 260 g/mol. The number of ether oxygens (including phenoxy) is 2. The lowest BCUT2D eigenvalue weighted by Gasteiger charge is -2.16. The highest BCUT2D eigenvalue weighted by atomic mass is 16.5. The summed E-state index contributed by atoms with van der Waals surface area (Å²) in [6.45, 7) is 1.38. The van der Waals surface area contributed by atoms with E-state index in [0.717, 1.165) is 35.4 Å². The number of hydrogen-bond donors (Lipinski definition) is 2. The van der Waals surface area contributed by atoms with Gasteiger partial charge in [0.25, 0.3) is 0 Å². The van der Waals surface area contributed by atoms with Gasteiger partial charge in [0, 0.05) is 24.9 Å². The van der Waals surface area contributed by atoms with Crippen LogP contribution >= 0.6 is 0 Å². The predicted octanol–water partition coefficient (Wildman–Crippen LogP) is 1.42. The number of aromatic nitrogens is 2. The van der Waals surface area contributed by atoms with Gasteiger partial charge in [-0.2, -0.15) is 0 Å². The molecule has 0 amide bonds. The van der Waals surface area contributed by atoms with E-state index in [-0.39, 0.29) is 6.10 Å². The molecule has 1 aliphatic rings. The van der Waals surface area contributed by atoms with E-state index in [1.54, 1.807) is 0 Å². The van der Waals surface area contributed by atoms with Crippen LogP contribution in [-0.2, 0) is 4.74 Å². The minimum absolute atomic E-state index is 0.101. The van der Waals surface area contributed by atoms with E-state index in [2.05, 4.69) is 15.3 Å². The first kappa shape index (κ1) is 12.0. The molecule has 0 spiro atoms. The Morgan fingerprint density at radius 2 is 2.32 bits per heavy atom. The van der Waals surface area contributed by atoms with Gasteiger partial charge in [-0.15, -0.1) is 0 Å². The van der Waals surface area contributed by atoms with Crippen molar-refractivity contribution in [1.82, 2.24) is 9.97 Å². The third-order valence-corrected chi connectivity index (χ3v) is 3.22. The van der Waals surface area contributed by atoms with Crippen LogP contribution in [0, 0.1) is 0 Å². The molecule has 100 valence electrons.